The second kappa shape index (κ2) is 6.84. The summed E-state index contributed by atoms with van der Waals surface area (Å²) in [5.41, 5.74) is 1.63. The van der Waals surface area contributed by atoms with Crippen LogP contribution in [0.2, 0.25) is 0 Å². The molecule has 1 aromatic heterocycles. The zero-order chi connectivity index (χ0) is 14.5. The lowest BCUT2D eigenvalue weighted by molar-refractivity contribution is 0.0721. The lowest BCUT2D eigenvalue weighted by Gasteiger charge is -2.27. The standard InChI is InChI=1S/C16H25N3O/c1-12(2)10-19(11-15-5-4-8-17-15)16(20)14-7-6-13(3)18-9-14/h6-7,9,12,15,17H,4-5,8,10-11H2,1-3H3. The maximum absolute atomic E-state index is 12.6. The average Bonchev–Trinajstić information content (AvgIpc) is 2.90. The smallest absolute Gasteiger partial charge is 0.255 e. The maximum atomic E-state index is 12.6. The van der Waals surface area contributed by atoms with Gasteiger partial charge in [-0.2, -0.15) is 0 Å². The number of nitrogens with zero attached hydrogens (tertiary/aromatic N) is 2. The fraction of sp³-hybridized carbons (Fsp3) is 0.625. The summed E-state index contributed by atoms with van der Waals surface area (Å²) in [5, 5.41) is 3.47. The van der Waals surface area contributed by atoms with Crippen LogP contribution in [0.5, 0.6) is 0 Å². The molecule has 0 spiro atoms. The van der Waals surface area contributed by atoms with Gasteiger partial charge in [-0.25, -0.2) is 0 Å². The quantitative estimate of drug-likeness (QED) is 0.896. The molecule has 0 saturated carbocycles. The van der Waals surface area contributed by atoms with Crippen molar-refractivity contribution in [1.29, 1.82) is 0 Å². The number of carbonyl (C=O) groups excluding carboxylic acids is 1. The Morgan fingerprint density at radius 1 is 1.50 bits per heavy atom. The number of nitrogens with one attached hydrogen (secondary N) is 1. The molecule has 2 rings (SSSR count). The molecule has 1 amide bonds. The summed E-state index contributed by atoms with van der Waals surface area (Å²) < 4.78 is 0. The first-order valence-corrected chi connectivity index (χ1v) is 7.51. The summed E-state index contributed by atoms with van der Waals surface area (Å²) in [6, 6.07) is 4.21. The molecule has 1 N–H and O–H groups in total. The second-order valence-electron chi connectivity index (χ2n) is 6.09. The van der Waals surface area contributed by atoms with E-state index in [9.17, 15) is 4.79 Å². The van der Waals surface area contributed by atoms with Crippen LogP contribution in [0.15, 0.2) is 18.3 Å². The van der Waals surface area contributed by atoms with Gasteiger partial charge in [-0.15, -0.1) is 0 Å². The highest BCUT2D eigenvalue weighted by molar-refractivity contribution is 5.94. The van der Waals surface area contributed by atoms with Crippen LogP contribution < -0.4 is 5.32 Å². The average molecular weight is 275 g/mol. The van der Waals surface area contributed by atoms with E-state index in [1.807, 2.05) is 24.0 Å². The molecule has 4 nitrogen and oxygen atoms in total. The van der Waals surface area contributed by atoms with E-state index >= 15 is 0 Å². The molecule has 0 aliphatic carbocycles. The predicted octanol–water partition coefficient (Wildman–Crippen LogP) is 2.24. The SMILES string of the molecule is Cc1ccc(C(=O)N(CC(C)C)CC2CCCN2)cn1. The van der Waals surface area contributed by atoms with Crippen LogP contribution in [0.25, 0.3) is 0 Å². The minimum atomic E-state index is 0.0971. The number of amides is 1. The molecule has 1 unspecified atom stereocenters. The van der Waals surface area contributed by atoms with Gasteiger partial charge in [0.1, 0.15) is 0 Å². The van der Waals surface area contributed by atoms with Crippen molar-refractivity contribution >= 4 is 5.91 Å². The van der Waals surface area contributed by atoms with Crippen LogP contribution in [0.1, 0.15) is 42.7 Å². The number of rotatable bonds is 5. The summed E-state index contributed by atoms with van der Waals surface area (Å²) in [5.74, 6) is 0.568. The summed E-state index contributed by atoms with van der Waals surface area (Å²) in [7, 11) is 0. The fourth-order valence-corrected chi connectivity index (χ4v) is 2.64. The van der Waals surface area contributed by atoms with Crippen molar-refractivity contribution in [2.45, 2.75) is 39.7 Å². The van der Waals surface area contributed by atoms with Crippen molar-refractivity contribution < 1.29 is 4.79 Å². The van der Waals surface area contributed by atoms with Crippen LogP contribution in [0.3, 0.4) is 0 Å². The Labute approximate surface area is 121 Å². The minimum absolute atomic E-state index is 0.0971. The van der Waals surface area contributed by atoms with E-state index in [4.69, 9.17) is 0 Å². The first kappa shape index (κ1) is 15.0. The number of aryl methyl sites for hydroxylation is 1. The molecule has 0 bridgehead atoms. The Hall–Kier alpha value is -1.42. The molecule has 0 radical (unpaired) electrons. The van der Waals surface area contributed by atoms with Crippen molar-refractivity contribution in [2.24, 2.45) is 5.92 Å². The van der Waals surface area contributed by atoms with Gasteiger partial charge in [0.05, 0.1) is 5.56 Å². The summed E-state index contributed by atoms with van der Waals surface area (Å²) in [6.45, 7) is 8.89. The summed E-state index contributed by atoms with van der Waals surface area (Å²) in [4.78, 5) is 18.8. The van der Waals surface area contributed by atoms with Gasteiger partial charge >= 0.3 is 0 Å². The van der Waals surface area contributed by atoms with E-state index in [1.54, 1.807) is 6.20 Å². The van der Waals surface area contributed by atoms with Crippen molar-refractivity contribution in [3.05, 3.63) is 29.6 Å². The molecule has 0 aromatic carbocycles. The highest BCUT2D eigenvalue weighted by Crippen LogP contribution is 2.12. The largest absolute Gasteiger partial charge is 0.337 e. The van der Waals surface area contributed by atoms with E-state index in [0.29, 0.717) is 17.5 Å². The van der Waals surface area contributed by atoms with E-state index in [-0.39, 0.29) is 5.91 Å². The van der Waals surface area contributed by atoms with Crippen LogP contribution >= 0.6 is 0 Å². The lowest BCUT2D eigenvalue weighted by Crippen LogP contribution is -2.42. The lowest BCUT2D eigenvalue weighted by atomic mass is 10.1. The third-order valence-corrected chi connectivity index (χ3v) is 3.63. The summed E-state index contributed by atoms with van der Waals surface area (Å²) >= 11 is 0. The zero-order valence-electron chi connectivity index (χ0n) is 12.7. The molecule has 2 heterocycles. The van der Waals surface area contributed by atoms with Gasteiger partial charge in [0.2, 0.25) is 0 Å². The molecule has 1 aliphatic heterocycles. The predicted molar refractivity (Wildman–Crippen MR) is 80.7 cm³/mol. The third-order valence-electron chi connectivity index (χ3n) is 3.63. The number of carbonyl (C=O) groups is 1. The van der Waals surface area contributed by atoms with E-state index < -0.39 is 0 Å². The normalized spacial score (nSPS) is 18.5. The van der Waals surface area contributed by atoms with Gasteiger partial charge in [-0.1, -0.05) is 13.8 Å². The van der Waals surface area contributed by atoms with Crippen molar-refractivity contribution in [3.63, 3.8) is 0 Å². The molecule has 1 fully saturated rings. The number of hydrogen-bond acceptors (Lipinski definition) is 3. The van der Waals surface area contributed by atoms with Crippen LogP contribution in [0.4, 0.5) is 0 Å². The molecule has 110 valence electrons. The molecule has 1 atom stereocenters. The Kier molecular flexibility index (Phi) is 5.12. The first-order valence-electron chi connectivity index (χ1n) is 7.51. The highest BCUT2D eigenvalue weighted by atomic mass is 16.2. The molecular formula is C16H25N3O. The maximum Gasteiger partial charge on any atom is 0.255 e. The van der Waals surface area contributed by atoms with Crippen molar-refractivity contribution in [2.75, 3.05) is 19.6 Å². The number of hydrogen-bond donors (Lipinski definition) is 1. The van der Waals surface area contributed by atoms with E-state index in [1.165, 1.54) is 6.42 Å². The number of aromatic nitrogens is 1. The van der Waals surface area contributed by atoms with Crippen LogP contribution in [-0.4, -0.2) is 41.5 Å². The molecular weight excluding hydrogens is 250 g/mol. The molecule has 4 heteroatoms. The monoisotopic (exact) mass is 275 g/mol. The Bertz CT molecular complexity index is 436. The minimum Gasteiger partial charge on any atom is -0.337 e. The van der Waals surface area contributed by atoms with Gasteiger partial charge in [0, 0.05) is 31.0 Å². The fourth-order valence-electron chi connectivity index (χ4n) is 2.64. The van der Waals surface area contributed by atoms with Crippen molar-refractivity contribution in [3.8, 4) is 0 Å². The van der Waals surface area contributed by atoms with Crippen molar-refractivity contribution in [1.82, 2.24) is 15.2 Å². The van der Waals surface area contributed by atoms with Crippen LogP contribution in [0, 0.1) is 12.8 Å². The second-order valence-corrected chi connectivity index (χ2v) is 6.09. The summed E-state index contributed by atoms with van der Waals surface area (Å²) in [6.07, 6.45) is 4.06. The van der Waals surface area contributed by atoms with Gasteiger partial charge < -0.3 is 10.2 Å². The van der Waals surface area contributed by atoms with E-state index in [0.717, 1.165) is 31.7 Å². The van der Waals surface area contributed by atoms with E-state index in [2.05, 4.69) is 24.1 Å². The first-order chi connectivity index (χ1) is 9.56. The highest BCUT2D eigenvalue weighted by Gasteiger charge is 2.23. The van der Waals surface area contributed by atoms with Gasteiger partial charge in [-0.05, 0) is 44.4 Å². The molecule has 1 aromatic rings. The Morgan fingerprint density at radius 3 is 2.85 bits per heavy atom. The molecule has 20 heavy (non-hydrogen) atoms. The molecule has 1 aliphatic rings. The molecule has 1 saturated heterocycles. The van der Waals surface area contributed by atoms with Gasteiger partial charge in [0.15, 0.2) is 0 Å². The topological polar surface area (TPSA) is 45.2 Å². The Morgan fingerprint density at radius 2 is 2.30 bits per heavy atom. The number of pyridine rings is 1. The van der Waals surface area contributed by atoms with Gasteiger partial charge in [-0.3, -0.25) is 9.78 Å². The third kappa shape index (κ3) is 4.04. The van der Waals surface area contributed by atoms with Gasteiger partial charge in [0.25, 0.3) is 5.91 Å². The van der Waals surface area contributed by atoms with Crippen LogP contribution in [-0.2, 0) is 0 Å². The Balaban J connectivity index is 2.07. The zero-order valence-corrected chi connectivity index (χ0v) is 12.7.